The van der Waals surface area contributed by atoms with Crippen molar-refractivity contribution in [2.75, 3.05) is 13.7 Å². The Morgan fingerprint density at radius 1 is 1.27 bits per heavy atom. The van der Waals surface area contributed by atoms with E-state index in [1.807, 2.05) is 18.2 Å². The fraction of sp³-hybridized carbons (Fsp3) is 0.316. The van der Waals surface area contributed by atoms with Crippen molar-refractivity contribution in [1.82, 2.24) is 20.0 Å². The van der Waals surface area contributed by atoms with Gasteiger partial charge in [0.05, 0.1) is 13.2 Å². The third kappa shape index (κ3) is 3.30. The summed E-state index contributed by atoms with van der Waals surface area (Å²) in [4.78, 5) is 10.9. The van der Waals surface area contributed by atoms with Crippen LogP contribution in [0.2, 0.25) is 0 Å². The number of benzene rings is 1. The summed E-state index contributed by atoms with van der Waals surface area (Å²) in [5, 5.41) is 4.08. The molecule has 3 heterocycles. The van der Waals surface area contributed by atoms with Gasteiger partial charge >= 0.3 is 0 Å². The summed E-state index contributed by atoms with van der Waals surface area (Å²) in [6, 6.07) is 10.5. The zero-order chi connectivity index (χ0) is 17.9. The first-order chi connectivity index (χ1) is 12.7. The molecule has 1 atom stereocenters. The van der Waals surface area contributed by atoms with Crippen molar-refractivity contribution >= 4 is 0 Å². The highest BCUT2D eigenvalue weighted by molar-refractivity contribution is 5.53. The maximum Gasteiger partial charge on any atom is 0.244 e. The highest BCUT2D eigenvalue weighted by Gasteiger charge is 2.31. The molecule has 1 aromatic carbocycles. The van der Waals surface area contributed by atoms with Gasteiger partial charge in [0.1, 0.15) is 5.82 Å². The minimum atomic E-state index is -0.186. The molecular formula is C19H19FN4O2. The Hall–Kier alpha value is -2.80. The number of hydrogen-bond acceptors (Lipinski definition) is 6. The molecule has 0 radical (unpaired) electrons. The third-order valence-electron chi connectivity index (χ3n) is 4.63. The van der Waals surface area contributed by atoms with Crippen LogP contribution in [0.3, 0.4) is 0 Å². The lowest BCUT2D eigenvalue weighted by Crippen LogP contribution is -2.23. The van der Waals surface area contributed by atoms with E-state index < -0.39 is 0 Å². The van der Waals surface area contributed by atoms with Crippen LogP contribution < -0.4 is 4.74 Å². The van der Waals surface area contributed by atoms with Crippen LogP contribution in [0.1, 0.15) is 30.3 Å². The zero-order valence-electron chi connectivity index (χ0n) is 14.4. The highest BCUT2D eigenvalue weighted by atomic mass is 19.1. The Morgan fingerprint density at radius 3 is 2.92 bits per heavy atom. The van der Waals surface area contributed by atoms with E-state index in [9.17, 15) is 4.39 Å². The van der Waals surface area contributed by atoms with E-state index >= 15 is 0 Å². The second kappa shape index (κ2) is 7.21. The molecule has 1 aliphatic heterocycles. The van der Waals surface area contributed by atoms with Gasteiger partial charge in [-0.05, 0) is 31.5 Å². The van der Waals surface area contributed by atoms with Gasteiger partial charge in [0.25, 0.3) is 0 Å². The topological polar surface area (TPSA) is 64.3 Å². The first kappa shape index (κ1) is 16.7. The molecule has 4 rings (SSSR count). The lowest BCUT2D eigenvalue weighted by molar-refractivity contribution is 0.199. The maximum atomic E-state index is 14.0. The van der Waals surface area contributed by atoms with E-state index in [4.69, 9.17) is 9.26 Å². The highest BCUT2D eigenvalue weighted by Crippen LogP contribution is 2.33. The van der Waals surface area contributed by atoms with Crippen LogP contribution in [0.15, 0.2) is 47.1 Å². The number of halogens is 1. The van der Waals surface area contributed by atoms with Crippen molar-refractivity contribution < 1.29 is 13.7 Å². The van der Waals surface area contributed by atoms with E-state index in [1.54, 1.807) is 25.4 Å². The summed E-state index contributed by atoms with van der Waals surface area (Å²) in [6.45, 7) is 1.40. The molecule has 134 valence electrons. The first-order valence-electron chi connectivity index (χ1n) is 8.56. The van der Waals surface area contributed by atoms with Crippen LogP contribution in [0, 0.1) is 5.82 Å². The molecule has 2 aromatic heterocycles. The Morgan fingerprint density at radius 2 is 2.15 bits per heavy atom. The first-order valence-corrected chi connectivity index (χ1v) is 8.56. The number of likely N-dealkylation sites (tertiary alicyclic amines) is 1. The molecule has 0 bridgehead atoms. The van der Waals surface area contributed by atoms with Gasteiger partial charge in [-0.25, -0.2) is 9.37 Å². The molecule has 3 aromatic rings. The molecule has 6 nitrogen and oxygen atoms in total. The Labute approximate surface area is 150 Å². The number of aromatic nitrogens is 3. The summed E-state index contributed by atoms with van der Waals surface area (Å²) in [5.41, 5.74) is 1.44. The Bertz CT molecular complexity index is 881. The van der Waals surface area contributed by atoms with Crippen LogP contribution in [-0.2, 0) is 6.54 Å². The van der Waals surface area contributed by atoms with Gasteiger partial charge in [-0.15, -0.1) is 0 Å². The number of pyridine rings is 1. The van der Waals surface area contributed by atoms with Crippen LogP contribution in [0.5, 0.6) is 5.88 Å². The van der Waals surface area contributed by atoms with Crippen molar-refractivity contribution in [2.45, 2.75) is 25.4 Å². The van der Waals surface area contributed by atoms with Gasteiger partial charge in [-0.3, -0.25) is 4.90 Å². The molecule has 0 unspecified atom stereocenters. The summed E-state index contributed by atoms with van der Waals surface area (Å²) < 4.78 is 24.5. The molecule has 0 aliphatic carbocycles. The number of nitrogens with zero attached hydrogens (tertiary/aromatic N) is 4. The average molecular weight is 354 g/mol. The molecular weight excluding hydrogens is 335 g/mol. The minimum absolute atomic E-state index is 0.00191. The van der Waals surface area contributed by atoms with Crippen LogP contribution in [0.25, 0.3) is 11.4 Å². The Kier molecular flexibility index (Phi) is 4.62. The molecule has 0 spiro atoms. The largest absolute Gasteiger partial charge is 0.481 e. The molecule has 0 amide bonds. The number of rotatable bonds is 5. The summed E-state index contributed by atoms with van der Waals surface area (Å²) >= 11 is 0. The lowest BCUT2D eigenvalue weighted by atomic mass is 10.1. The molecule has 1 saturated heterocycles. The molecule has 7 heteroatoms. The fourth-order valence-corrected chi connectivity index (χ4v) is 3.26. The number of hydrogen-bond donors (Lipinski definition) is 0. The minimum Gasteiger partial charge on any atom is -0.481 e. The van der Waals surface area contributed by atoms with Gasteiger partial charge in [0.2, 0.25) is 17.6 Å². The molecule has 1 fully saturated rings. The predicted molar refractivity (Wildman–Crippen MR) is 92.9 cm³/mol. The maximum absolute atomic E-state index is 14.0. The SMILES string of the molecule is COc1ccc(-c2noc([C@@H]3CCCN3Cc3ccccc3F)n2)cn1. The molecule has 0 N–H and O–H groups in total. The Balaban J connectivity index is 1.53. The normalized spacial score (nSPS) is 17.5. The van der Waals surface area contributed by atoms with Crippen molar-refractivity contribution in [3.8, 4) is 17.3 Å². The second-order valence-corrected chi connectivity index (χ2v) is 6.27. The van der Waals surface area contributed by atoms with E-state index in [0.29, 0.717) is 29.7 Å². The van der Waals surface area contributed by atoms with Crippen LogP contribution in [0.4, 0.5) is 4.39 Å². The van der Waals surface area contributed by atoms with Crippen LogP contribution >= 0.6 is 0 Å². The van der Waals surface area contributed by atoms with Crippen molar-refractivity contribution in [3.05, 3.63) is 59.9 Å². The van der Waals surface area contributed by atoms with Gasteiger partial charge < -0.3 is 9.26 Å². The quantitative estimate of drug-likeness (QED) is 0.697. The monoisotopic (exact) mass is 354 g/mol. The van der Waals surface area contributed by atoms with Gasteiger partial charge in [-0.2, -0.15) is 4.98 Å². The number of ether oxygens (including phenoxy) is 1. The van der Waals surface area contributed by atoms with E-state index in [0.717, 1.165) is 24.9 Å². The molecule has 0 saturated carbocycles. The summed E-state index contributed by atoms with van der Waals surface area (Å²) in [7, 11) is 1.57. The third-order valence-corrected chi connectivity index (χ3v) is 4.63. The van der Waals surface area contributed by atoms with E-state index in [1.165, 1.54) is 6.07 Å². The van der Waals surface area contributed by atoms with Gasteiger partial charge in [0, 0.05) is 29.9 Å². The van der Waals surface area contributed by atoms with Crippen molar-refractivity contribution in [1.29, 1.82) is 0 Å². The fourth-order valence-electron chi connectivity index (χ4n) is 3.26. The van der Waals surface area contributed by atoms with Gasteiger partial charge in [-0.1, -0.05) is 23.4 Å². The van der Waals surface area contributed by atoms with Crippen molar-refractivity contribution in [3.63, 3.8) is 0 Å². The smallest absolute Gasteiger partial charge is 0.244 e. The van der Waals surface area contributed by atoms with E-state index in [2.05, 4.69) is 20.0 Å². The summed E-state index contributed by atoms with van der Waals surface area (Å²) in [5.74, 6) is 1.40. The van der Waals surface area contributed by atoms with Gasteiger partial charge in [0.15, 0.2) is 0 Å². The summed E-state index contributed by atoms with van der Waals surface area (Å²) in [6.07, 6.45) is 3.58. The average Bonchev–Trinajstić information content (AvgIpc) is 3.33. The zero-order valence-corrected chi connectivity index (χ0v) is 14.4. The molecule has 1 aliphatic rings. The lowest BCUT2D eigenvalue weighted by Gasteiger charge is -2.21. The predicted octanol–water partition coefficient (Wildman–Crippen LogP) is 3.62. The molecule has 26 heavy (non-hydrogen) atoms. The van der Waals surface area contributed by atoms with E-state index in [-0.39, 0.29) is 11.9 Å². The standard InChI is InChI=1S/C19H19FN4O2/c1-25-17-9-8-13(11-21-17)18-22-19(26-23-18)16-7-4-10-24(16)12-14-5-2-3-6-15(14)20/h2-3,5-6,8-9,11,16H,4,7,10,12H2,1H3/t16-/m0/s1. The second-order valence-electron chi connectivity index (χ2n) is 6.27. The van der Waals surface area contributed by atoms with Crippen molar-refractivity contribution in [2.24, 2.45) is 0 Å². The number of methoxy groups -OCH3 is 1. The van der Waals surface area contributed by atoms with Crippen LogP contribution in [-0.4, -0.2) is 33.7 Å².